The smallest absolute Gasteiger partial charge is 0.339 e. The van der Waals surface area contributed by atoms with Crippen LogP contribution in [0.2, 0.25) is 0 Å². The Labute approximate surface area is 180 Å². The van der Waals surface area contributed by atoms with E-state index in [1.807, 2.05) is 0 Å². The molecule has 2 amide bonds. The summed E-state index contributed by atoms with van der Waals surface area (Å²) < 4.78 is 0. The lowest BCUT2D eigenvalue weighted by atomic mass is 10.1. The number of aromatic carboxylic acids is 2. The fourth-order valence-corrected chi connectivity index (χ4v) is 2.75. The fourth-order valence-electron chi connectivity index (χ4n) is 2.75. The number of carbonyl (C=O) groups excluding carboxylic acids is 2. The minimum atomic E-state index is -1.35. The quantitative estimate of drug-likeness (QED) is 0.320. The van der Waals surface area contributed by atoms with Crippen LogP contribution in [0, 0.1) is 0 Å². The van der Waals surface area contributed by atoms with Crippen LogP contribution in [0.4, 0.5) is 11.4 Å². The van der Waals surface area contributed by atoms with Crippen LogP contribution in [0.25, 0.3) is 0 Å². The van der Waals surface area contributed by atoms with Gasteiger partial charge in [0.15, 0.2) is 0 Å². The van der Waals surface area contributed by atoms with E-state index in [0.29, 0.717) is 0 Å². The average molecular weight is 436 g/mol. The van der Waals surface area contributed by atoms with E-state index in [0.717, 1.165) is 24.3 Å². The van der Waals surface area contributed by atoms with Crippen LogP contribution in [0.3, 0.4) is 0 Å². The van der Waals surface area contributed by atoms with Gasteiger partial charge in [-0.2, -0.15) is 0 Å². The molecule has 10 heteroatoms. The minimum absolute atomic E-state index is 0.161. The summed E-state index contributed by atoms with van der Waals surface area (Å²) in [6.45, 7) is 0. The maximum Gasteiger partial charge on any atom is 0.339 e. The van der Waals surface area contributed by atoms with Crippen LogP contribution < -0.4 is 10.6 Å². The Hall–Kier alpha value is -4.86. The van der Waals surface area contributed by atoms with Crippen molar-refractivity contribution in [2.45, 2.75) is 0 Å². The second-order valence-corrected chi connectivity index (χ2v) is 6.56. The number of anilines is 2. The Bertz CT molecular complexity index is 1140. The Kier molecular flexibility index (Phi) is 6.06. The van der Waals surface area contributed by atoms with Crippen molar-refractivity contribution in [2.75, 3.05) is 10.6 Å². The summed E-state index contributed by atoms with van der Waals surface area (Å²) in [5, 5.41) is 42.1. The third-order valence-electron chi connectivity index (χ3n) is 4.38. The van der Waals surface area contributed by atoms with Crippen molar-refractivity contribution in [1.82, 2.24) is 0 Å². The average Bonchev–Trinajstić information content (AvgIpc) is 2.76. The van der Waals surface area contributed by atoms with Crippen molar-refractivity contribution in [3.8, 4) is 11.5 Å². The summed E-state index contributed by atoms with van der Waals surface area (Å²) >= 11 is 0. The molecule has 32 heavy (non-hydrogen) atoms. The summed E-state index contributed by atoms with van der Waals surface area (Å²) in [6.07, 6.45) is 0. The zero-order chi connectivity index (χ0) is 23.4. The first-order valence-corrected chi connectivity index (χ1v) is 9.01. The Morgan fingerprint density at radius 1 is 0.562 bits per heavy atom. The summed E-state index contributed by atoms with van der Waals surface area (Å²) in [6, 6.07) is 12.7. The molecule has 3 aromatic rings. The molecule has 162 valence electrons. The molecule has 0 aliphatic rings. The third-order valence-corrected chi connectivity index (χ3v) is 4.38. The van der Waals surface area contributed by atoms with E-state index in [-0.39, 0.29) is 33.6 Å². The van der Waals surface area contributed by atoms with Gasteiger partial charge in [-0.15, -0.1) is 0 Å². The van der Waals surface area contributed by atoms with Gasteiger partial charge in [0.2, 0.25) is 0 Å². The van der Waals surface area contributed by atoms with Gasteiger partial charge in [-0.1, -0.05) is 0 Å². The predicted octanol–water partition coefficient (Wildman–Crippen LogP) is 3.00. The minimum Gasteiger partial charge on any atom is -0.507 e. The predicted molar refractivity (Wildman–Crippen MR) is 112 cm³/mol. The Balaban J connectivity index is 1.70. The summed E-state index contributed by atoms with van der Waals surface area (Å²) in [4.78, 5) is 46.9. The molecule has 0 aliphatic carbocycles. The van der Waals surface area contributed by atoms with Crippen molar-refractivity contribution in [3.05, 3.63) is 82.9 Å². The molecule has 0 saturated carbocycles. The van der Waals surface area contributed by atoms with Gasteiger partial charge < -0.3 is 31.1 Å². The molecule has 0 heterocycles. The number of hydrogen-bond acceptors (Lipinski definition) is 6. The largest absolute Gasteiger partial charge is 0.507 e. The number of carbonyl (C=O) groups is 4. The first-order valence-electron chi connectivity index (χ1n) is 9.01. The number of nitrogens with one attached hydrogen (secondary N) is 2. The molecule has 0 aliphatic heterocycles. The van der Waals surface area contributed by atoms with Gasteiger partial charge in [0.25, 0.3) is 11.8 Å². The summed E-state index contributed by atoms with van der Waals surface area (Å²) in [5.41, 5.74) is -0.0408. The summed E-state index contributed by atoms with van der Waals surface area (Å²) in [7, 11) is 0. The molecule has 3 rings (SSSR count). The van der Waals surface area contributed by atoms with E-state index in [1.165, 1.54) is 36.4 Å². The highest BCUT2D eigenvalue weighted by atomic mass is 16.4. The third kappa shape index (κ3) is 4.82. The molecular weight excluding hydrogens is 420 g/mol. The van der Waals surface area contributed by atoms with Gasteiger partial charge in [-0.3, -0.25) is 9.59 Å². The topological polar surface area (TPSA) is 173 Å². The number of amides is 2. The second-order valence-electron chi connectivity index (χ2n) is 6.56. The van der Waals surface area contributed by atoms with E-state index in [4.69, 9.17) is 10.2 Å². The first-order chi connectivity index (χ1) is 15.2. The van der Waals surface area contributed by atoms with Crippen molar-refractivity contribution < 1.29 is 39.6 Å². The Morgan fingerprint density at radius 3 is 1.22 bits per heavy atom. The molecule has 0 atom stereocenters. The van der Waals surface area contributed by atoms with Gasteiger partial charge in [0, 0.05) is 22.5 Å². The van der Waals surface area contributed by atoms with E-state index in [9.17, 15) is 29.4 Å². The normalized spacial score (nSPS) is 10.2. The SMILES string of the molecule is O=C(Nc1ccc(O)c(C(=O)O)c1)c1ccc(C(=O)Nc2ccc(O)c(C(=O)O)c2)cc1. The zero-order valence-corrected chi connectivity index (χ0v) is 16.2. The van der Waals surface area contributed by atoms with Crippen LogP contribution in [-0.2, 0) is 0 Å². The van der Waals surface area contributed by atoms with E-state index in [2.05, 4.69) is 10.6 Å². The highest BCUT2D eigenvalue weighted by Gasteiger charge is 2.15. The number of carboxylic acids is 2. The van der Waals surface area contributed by atoms with E-state index < -0.39 is 35.3 Å². The maximum absolute atomic E-state index is 12.4. The van der Waals surface area contributed by atoms with Gasteiger partial charge in [-0.05, 0) is 60.7 Å². The van der Waals surface area contributed by atoms with Crippen molar-refractivity contribution >= 4 is 35.1 Å². The zero-order valence-electron chi connectivity index (χ0n) is 16.2. The van der Waals surface area contributed by atoms with Crippen LogP contribution in [0.1, 0.15) is 41.4 Å². The van der Waals surface area contributed by atoms with Crippen molar-refractivity contribution in [2.24, 2.45) is 0 Å². The standard InChI is InChI=1S/C22H16N2O8/c25-17-7-5-13(9-15(17)21(29)30)23-19(27)11-1-2-12(4-3-11)20(28)24-14-6-8-18(26)16(10-14)22(31)32/h1-10,25-26H,(H,23,27)(H,24,28)(H,29,30)(H,31,32). The van der Waals surface area contributed by atoms with E-state index in [1.54, 1.807) is 0 Å². The lowest BCUT2D eigenvalue weighted by Crippen LogP contribution is -2.15. The van der Waals surface area contributed by atoms with Gasteiger partial charge in [0.05, 0.1) is 0 Å². The molecule has 0 radical (unpaired) electrons. The molecule has 0 aromatic heterocycles. The summed E-state index contributed by atoms with van der Waals surface area (Å²) in [5.74, 6) is -4.70. The van der Waals surface area contributed by atoms with E-state index >= 15 is 0 Å². The van der Waals surface area contributed by atoms with Gasteiger partial charge in [0.1, 0.15) is 22.6 Å². The molecule has 0 fully saturated rings. The monoisotopic (exact) mass is 436 g/mol. The number of phenols is 2. The molecule has 0 saturated heterocycles. The van der Waals surface area contributed by atoms with Gasteiger partial charge >= 0.3 is 11.9 Å². The van der Waals surface area contributed by atoms with Crippen LogP contribution in [0.15, 0.2) is 60.7 Å². The number of aromatic hydroxyl groups is 2. The fraction of sp³-hybridized carbons (Fsp3) is 0. The first kappa shape index (κ1) is 21.8. The highest BCUT2D eigenvalue weighted by Crippen LogP contribution is 2.23. The molecule has 10 nitrogen and oxygen atoms in total. The van der Waals surface area contributed by atoms with Crippen LogP contribution in [0.5, 0.6) is 11.5 Å². The molecule has 0 unspecified atom stereocenters. The molecule has 0 bridgehead atoms. The number of rotatable bonds is 6. The molecular formula is C22H16N2O8. The number of hydrogen-bond donors (Lipinski definition) is 6. The van der Waals surface area contributed by atoms with Crippen LogP contribution >= 0.6 is 0 Å². The Morgan fingerprint density at radius 2 is 0.906 bits per heavy atom. The second kappa shape index (κ2) is 8.88. The lowest BCUT2D eigenvalue weighted by molar-refractivity contribution is 0.0682. The lowest BCUT2D eigenvalue weighted by Gasteiger charge is -2.09. The molecule has 6 N–H and O–H groups in total. The van der Waals surface area contributed by atoms with Crippen LogP contribution in [-0.4, -0.2) is 44.2 Å². The molecule has 3 aromatic carbocycles. The van der Waals surface area contributed by atoms with Gasteiger partial charge in [-0.25, -0.2) is 9.59 Å². The van der Waals surface area contributed by atoms with Crippen molar-refractivity contribution in [3.63, 3.8) is 0 Å². The van der Waals surface area contributed by atoms with Crippen molar-refractivity contribution in [1.29, 1.82) is 0 Å². The number of carboxylic acid groups (broad SMARTS) is 2. The number of benzene rings is 3. The highest BCUT2D eigenvalue weighted by molar-refractivity contribution is 6.08. The maximum atomic E-state index is 12.4. The molecule has 0 spiro atoms.